The molecule has 0 spiro atoms. The molecule has 5 aromatic carbocycles. The van der Waals surface area contributed by atoms with E-state index in [1.807, 2.05) is 43.0 Å². The Balaban J connectivity index is 0.000000313. The van der Waals surface area contributed by atoms with Crippen LogP contribution in [-0.4, -0.2) is 45.6 Å². The van der Waals surface area contributed by atoms with Gasteiger partial charge in [0.1, 0.15) is 11.6 Å². The Morgan fingerprint density at radius 1 is 0.521 bits per heavy atom. The maximum absolute atomic E-state index is 13.9. The fourth-order valence-corrected chi connectivity index (χ4v) is 8.42. The molecule has 2 aliphatic heterocycles. The molecule has 406 valence electrons. The number of rotatable bonds is 11. The molecule has 5 heteroatoms. The van der Waals surface area contributed by atoms with Crippen LogP contribution >= 0.6 is 0 Å². The zero-order valence-electron chi connectivity index (χ0n) is 48.8. The van der Waals surface area contributed by atoms with Gasteiger partial charge in [-0.3, -0.25) is 0 Å². The largest absolute Gasteiger partial charge is 0.491 e. The number of hydrogen-bond acceptors (Lipinski definition) is 4. The number of halogens is 1. The highest BCUT2D eigenvalue weighted by Crippen LogP contribution is 2.35. The Kier molecular flexibility index (Phi) is 27.3. The molecule has 0 bridgehead atoms. The van der Waals surface area contributed by atoms with Crippen molar-refractivity contribution in [3.63, 3.8) is 0 Å². The minimum absolute atomic E-state index is 0. The lowest BCUT2D eigenvalue weighted by molar-refractivity contribution is 0.0564. The molecule has 0 N–H and O–H groups in total. The van der Waals surface area contributed by atoms with Gasteiger partial charge in [0.15, 0.2) is 0 Å². The van der Waals surface area contributed by atoms with Gasteiger partial charge >= 0.3 is 0 Å². The Labute approximate surface area is 448 Å². The third-order valence-electron chi connectivity index (χ3n) is 14.5. The monoisotopic (exact) mass is 1000 g/mol. The molecule has 73 heavy (non-hydrogen) atoms. The van der Waals surface area contributed by atoms with Crippen LogP contribution in [0.1, 0.15) is 232 Å². The molecule has 0 amide bonds. The van der Waals surface area contributed by atoms with E-state index in [1.165, 1.54) is 45.4 Å². The molecule has 0 saturated carbocycles. The lowest BCUT2D eigenvalue weighted by Gasteiger charge is -2.34. The molecule has 0 atom stereocenters. The quantitative estimate of drug-likeness (QED) is 0.132. The average Bonchev–Trinajstić information content (AvgIpc) is 3.35. The summed E-state index contributed by atoms with van der Waals surface area (Å²) in [4.78, 5) is 2.04. The normalized spacial score (nSPS) is 14.5. The van der Waals surface area contributed by atoms with Gasteiger partial charge in [0.2, 0.25) is 0 Å². The van der Waals surface area contributed by atoms with E-state index in [-0.39, 0.29) is 24.8 Å². The predicted octanol–water partition coefficient (Wildman–Crippen LogP) is 19.5. The van der Waals surface area contributed by atoms with E-state index in [4.69, 9.17) is 14.2 Å². The number of nitrogens with zero attached hydrogens (tertiary/aromatic N) is 1. The van der Waals surface area contributed by atoms with Gasteiger partial charge in [-0.25, -0.2) is 4.39 Å². The van der Waals surface area contributed by atoms with Crippen molar-refractivity contribution in [3.8, 4) is 5.75 Å². The first kappa shape index (κ1) is 64.7. The smallest absolute Gasteiger partial charge is 0.146 e. The number of benzene rings is 5. The van der Waals surface area contributed by atoms with Crippen LogP contribution in [0.3, 0.4) is 0 Å². The molecule has 2 fully saturated rings. The number of anilines is 1. The second kappa shape index (κ2) is 30.8. The maximum Gasteiger partial charge on any atom is 0.146 e. The summed E-state index contributed by atoms with van der Waals surface area (Å²) in [5, 5.41) is 0. The van der Waals surface area contributed by atoms with Crippen LogP contribution in [0.2, 0.25) is 0 Å². The molecule has 2 heterocycles. The van der Waals surface area contributed by atoms with Crippen molar-refractivity contribution in [2.75, 3.05) is 44.4 Å². The van der Waals surface area contributed by atoms with Gasteiger partial charge < -0.3 is 19.1 Å². The van der Waals surface area contributed by atoms with E-state index in [0.29, 0.717) is 59.3 Å². The first-order valence-electron chi connectivity index (χ1n) is 27.6. The van der Waals surface area contributed by atoms with Crippen molar-refractivity contribution in [1.29, 1.82) is 0 Å². The fourth-order valence-electron chi connectivity index (χ4n) is 8.42. The Morgan fingerprint density at radius 2 is 0.890 bits per heavy atom. The zero-order valence-corrected chi connectivity index (χ0v) is 48.8. The lowest BCUT2D eigenvalue weighted by atomic mass is 9.76. The molecule has 0 aromatic heterocycles. The minimum Gasteiger partial charge on any atom is -0.491 e. The summed E-state index contributed by atoms with van der Waals surface area (Å²) < 4.78 is 30.2. The second-order valence-corrected chi connectivity index (χ2v) is 23.8. The number of hydrogen-bond donors (Lipinski definition) is 0. The maximum atomic E-state index is 13.9. The van der Waals surface area contributed by atoms with Crippen molar-refractivity contribution < 1.29 is 18.6 Å². The molecule has 0 unspecified atom stereocenters. The summed E-state index contributed by atoms with van der Waals surface area (Å²) in [6, 6.07) is 41.1. The third-order valence-corrected chi connectivity index (χ3v) is 14.5. The standard InChI is InChI=1S/C15H22O.C14H22.C13H18FNO.C13H20.C12H18O.CH4/c1-12(2)13-4-6-14(7-5-13)15(3)8-10-16-11-9-15;1-6-14(4,5)13-9-7-12(8-10-13)11(2)3;1-10(2)11-3-4-13(12(14)9-11)15-5-7-16-8-6-15;1-10(2)11-6-8-12(9-7-11)13(3,4)5;1-9(2)11-5-7-12(8-6-11)13-10(3)4;/h4-7,12H,8-11H2,1-3H3;7-11H,6H2,1-5H3;3-4,9-10H,5-8H2,1-2H3;6-10H,1-5H3;5-10H,1-4H3;1H4. The fraction of sp³-hybridized carbons (Fsp3) is 0.559. The van der Waals surface area contributed by atoms with Crippen molar-refractivity contribution in [2.45, 2.75) is 210 Å². The first-order valence-corrected chi connectivity index (χ1v) is 27.6. The van der Waals surface area contributed by atoms with Crippen LogP contribution in [0.5, 0.6) is 5.75 Å². The van der Waals surface area contributed by atoms with Crippen LogP contribution in [-0.2, 0) is 25.7 Å². The van der Waals surface area contributed by atoms with E-state index in [2.05, 4.69) is 203 Å². The van der Waals surface area contributed by atoms with E-state index in [9.17, 15) is 4.39 Å². The highest BCUT2D eigenvalue weighted by Gasteiger charge is 2.29. The lowest BCUT2D eigenvalue weighted by Crippen LogP contribution is -2.36. The zero-order chi connectivity index (χ0) is 53.8. The summed E-state index contributed by atoms with van der Waals surface area (Å²) in [7, 11) is 0. The van der Waals surface area contributed by atoms with Gasteiger partial charge in [0.05, 0.1) is 25.0 Å². The van der Waals surface area contributed by atoms with Gasteiger partial charge in [0, 0.05) is 26.3 Å². The Hall–Kier alpha value is -4.45. The highest BCUT2D eigenvalue weighted by atomic mass is 19.1. The number of morpholine rings is 1. The van der Waals surface area contributed by atoms with Gasteiger partial charge in [-0.05, 0) is 148 Å². The van der Waals surface area contributed by atoms with Crippen LogP contribution in [0.15, 0.2) is 115 Å². The molecule has 2 saturated heterocycles. The third kappa shape index (κ3) is 21.7. The molecular formula is C68H104FNO3. The van der Waals surface area contributed by atoms with Crippen LogP contribution in [0, 0.1) is 5.82 Å². The van der Waals surface area contributed by atoms with Crippen molar-refractivity contribution in [2.24, 2.45) is 0 Å². The summed E-state index contributed by atoms with van der Waals surface area (Å²) >= 11 is 0. The van der Waals surface area contributed by atoms with E-state index in [1.54, 1.807) is 6.07 Å². The topological polar surface area (TPSA) is 30.9 Å². The van der Waals surface area contributed by atoms with E-state index < -0.39 is 0 Å². The SMILES string of the molecule is C.CC(C)Oc1ccc(C(C)C)cc1.CC(C)c1ccc(C(C)(C)C)cc1.CC(C)c1ccc(C2(C)CCOCC2)cc1.CC(C)c1ccc(N2CCOCC2)c(F)c1.CCC(C)(C)c1ccc(C(C)C)cc1. The molecule has 7 rings (SSSR count). The summed E-state index contributed by atoms with van der Waals surface area (Å²) in [6.07, 6.45) is 3.74. The summed E-state index contributed by atoms with van der Waals surface area (Å²) in [5.41, 5.74) is 12.6. The number of ether oxygens (including phenoxy) is 3. The van der Waals surface area contributed by atoms with Crippen molar-refractivity contribution in [3.05, 3.63) is 166 Å². The van der Waals surface area contributed by atoms with Crippen molar-refractivity contribution >= 4 is 5.69 Å². The molecular weight excluding hydrogens is 898 g/mol. The minimum atomic E-state index is -0.117. The predicted molar refractivity (Wildman–Crippen MR) is 318 cm³/mol. The van der Waals surface area contributed by atoms with Gasteiger partial charge in [-0.15, -0.1) is 0 Å². The van der Waals surface area contributed by atoms with Gasteiger partial charge in [-0.1, -0.05) is 216 Å². The average molecular weight is 1000 g/mol. The Bertz CT molecular complexity index is 2230. The van der Waals surface area contributed by atoms with Crippen molar-refractivity contribution in [1.82, 2.24) is 0 Å². The molecule has 2 aliphatic rings. The Morgan fingerprint density at radius 3 is 1.26 bits per heavy atom. The van der Waals surface area contributed by atoms with Gasteiger partial charge in [0.25, 0.3) is 0 Å². The molecule has 4 nitrogen and oxygen atoms in total. The first-order chi connectivity index (χ1) is 33.8. The van der Waals surface area contributed by atoms with Crippen LogP contribution in [0.4, 0.5) is 10.1 Å². The highest BCUT2D eigenvalue weighted by molar-refractivity contribution is 5.50. The van der Waals surface area contributed by atoms with E-state index >= 15 is 0 Å². The molecule has 0 aliphatic carbocycles. The molecule has 5 aromatic rings. The molecule has 0 radical (unpaired) electrons. The van der Waals surface area contributed by atoms with Crippen LogP contribution in [0.25, 0.3) is 0 Å². The second-order valence-electron chi connectivity index (χ2n) is 23.8. The van der Waals surface area contributed by atoms with E-state index in [0.717, 1.165) is 50.5 Å². The summed E-state index contributed by atoms with van der Waals surface area (Å²) in [5.74, 6) is 3.69. The summed E-state index contributed by atoms with van der Waals surface area (Å²) in [6.45, 7) is 46.7. The van der Waals surface area contributed by atoms with Gasteiger partial charge in [-0.2, -0.15) is 0 Å². The van der Waals surface area contributed by atoms with Crippen LogP contribution < -0.4 is 9.64 Å².